The highest BCUT2D eigenvalue weighted by Crippen LogP contribution is 2.37. The Balaban J connectivity index is 1.46. The number of H-pyrrole nitrogens is 1. The smallest absolute Gasteiger partial charge is 0.244 e. The van der Waals surface area contributed by atoms with Crippen LogP contribution in [0.2, 0.25) is 0 Å². The molecule has 0 bridgehead atoms. The molecule has 1 aliphatic carbocycles. The zero-order valence-corrected chi connectivity index (χ0v) is 15.6. The van der Waals surface area contributed by atoms with Crippen molar-refractivity contribution in [1.29, 1.82) is 0 Å². The molecule has 0 radical (unpaired) electrons. The van der Waals surface area contributed by atoms with Crippen LogP contribution in [0.5, 0.6) is 0 Å². The molecule has 8 heteroatoms. The second-order valence-corrected chi connectivity index (χ2v) is 8.62. The normalized spacial score (nSPS) is 21.3. The molecule has 1 aliphatic rings. The third kappa shape index (κ3) is 3.03. The molecular weight excluding hydrogens is 352 g/mol. The molecule has 0 aliphatic heterocycles. The molecule has 2 N–H and O–H groups in total. The van der Waals surface area contributed by atoms with E-state index in [1.165, 1.54) is 0 Å². The van der Waals surface area contributed by atoms with Gasteiger partial charge in [-0.1, -0.05) is 0 Å². The molecule has 1 fully saturated rings. The van der Waals surface area contributed by atoms with Gasteiger partial charge in [0.15, 0.2) is 5.58 Å². The van der Waals surface area contributed by atoms with E-state index in [-0.39, 0.29) is 10.9 Å². The van der Waals surface area contributed by atoms with Crippen LogP contribution >= 0.6 is 0 Å². The predicted molar refractivity (Wildman–Crippen MR) is 97.4 cm³/mol. The highest BCUT2D eigenvalue weighted by molar-refractivity contribution is 7.89. The molecule has 3 heterocycles. The average molecular weight is 374 g/mol. The third-order valence-corrected chi connectivity index (χ3v) is 6.96. The SMILES string of the molecule is Cc1n[nH]c(C)c1S(=O)(=O)N[C@H]1CC[C@H](c2coc3cccnc32)CC1. The van der Waals surface area contributed by atoms with E-state index < -0.39 is 10.0 Å². The average Bonchev–Trinajstić information content (AvgIpc) is 3.19. The molecule has 26 heavy (non-hydrogen) atoms. The lowest BCUT2D eigenvalue weighted by atomic mass is 9.82. The van der Waals surface area contributed by atoms with Crippen molar-refractivity contribution in [3.05, 3.63) is 41.5 Å². The maximum absolute atomic E-state index is 12.7. The zero-order valence-electron chi connectivity index (χ0n) is 14.8. The van der Waals surface area contributed by atoms with Gasteiger partial charge in [-0.2, -0.15) is 5.10 Å². The highest BCUT2D eigenvalue weighted by atomic mass is 32.2. The molecule has 0 saturated heterocycles. The number of aromatic nitrogens is 3. The van der Waals surface area contributed by atoms with Gasteiger partial charge in [0, 0.05) is 17.8 Å². The molecular formula is C18H22N4O3S. The van der Waals surface area contributed by atoms with E-state index in [1.807, 2.05) is 12.1 Å². The minimum absolute atomic E-state index is 0.0592. The predicted octanol–water partition coefficient (Wildman–Crippen LogP) is 3.17. The first-order valence-corrected chi connectivity index (χ1v) is 10.3. The Labute approximate surface area is 152 Å². The summed E-state index contributed by atoms with van der Waals surface area (Å²) >= 11 is 0. The van der Waals surface area contributed by atoms with Gasteiger partial charge in [-0.3, -0.25) is 10.1 Å². The third-order valence-electron chi connectivity index (χ3n) is 5.18. The van der Waals surface area contributed by atoms with E-state index in [0.717, 1.165) is 42.3 Å². The number of sulfonamides is 1. The second kappa shape index (κ2) is 6.51. The molecule has 4 rings (SSSR count). The van der Waals surface area contributed by atoms with Crippen molar-refractivity contribution in [2.24, 2.45) is 0 Å². The van der Waals surface area contributed by atoms with Crippen LogP contribution in [-0.4, -0.2) is 29.6 Å². The number of nitrogens with one attached hydrogen (secondary N) is 2. The number of fused-ring (bicyclic) bond motifs is 1. The van der Waals surface area contributed by atoms with Crippen LogP contribution in [0.1, 0.15) is 48.6 Å². The minimum Gasteiger partial charge on any atom is -0.462 e. The number of pyridine rings is 1. The van der Waals surface area contributed by atoms with Gasteiger partial charge in [-0.05, 0) is 57.6 Å². The summed E-state index contributed by atoms with van der Waals surface area (Å²) in [6, 6.07) is 3.72. The van der Waals surface area contributed by atoms with Crippen molar-refractivity contribution in [3.63, 3.8) is 0 Å². The Hall–Kier alpha value is -2.19. The van der Waals surface area contributed by atoms with Crippen molar-refractivity contribution in [2.45, 2.75) is 56.4 Å². The summed E-state index contributed by atoms with van der Waals surface area (Å²) in [6.45, 7) is 3.43. The van der Waals surface area contributed by atoms with Gasteiger partial charge in [0.05, 0.1) is 17.7 Å². The molecule has 0 atom stereocenters. The standard InChI is InChI=1S/C18H22N4O3S/c1-11-18(12(2)21-20-11)26(23,24)22-14-7-5-13(6-8-14)15-10-25-16-4-3-9-19-17(15)16/h3-4,9-10,13-14,22H,5-8H2,1-2H3,(H,20,21)/t13-,14-. The molecule has 0 spiro atoms. The summed E-state index contributed by atoms with van der Waals surface area (Å²) in [7, 11) is -3.56. The Bertz CT molecular complexity index is 1010. The van der Waals surface area contributed by atoms with Crippen molar-refractivity contribution < 1.29 is 12.8 Å². The Morgan fingerprint density at radius 2 is 2.00 bits per heavy atom. The molecule has 0 amide bonds. The largest absolute Gasteiger partial charge is 0.462 e. The summed E-state index contributed by atoms with van der Waals surface area (Å²) in [5.41, 5.74) is 3.92. The fraction of sp³-hybridized carbons (Fsp3) is 0.444. The number of hydrogen-bond acceptors (Lipinski definition) is 5. The summed E-state index contributed by atoms with van der Waals surface area (Å²) in [4.78, 5) is 4.70. The Kier molecular flexibility index (Phi) is 4.32. The number of hydrogen-bond donors (Lipinski definition) is 2. The van der Waals surface area contributed by atoms with E-state index in [1.54, 1.807) is 26.3 Å². The fourth-order valence-electron chi connectivity index (χ4n) is 3.91. The lowest BCUT2D eigenvalue weighted by molar-refractivity contribution is 0.373. The molecule has 7 nitrogen and oxygen atoms in total. The van der Waals surface area contributed by atoms with Crippen molar-refractivity contribution >= 4 is 21.1 Å². The number of furan rings is 1. The van der Waals surface area contributed by atoms with Gasteiger partial charge in [-0.25, -0.2) is 13.1 Å². The first-order chi connectivity index (χ1) is 12.5. The quantitative estimate of drug-likeness (QED) is 0.730. The number of aryl methyl sites for hydroxylation is 2. The van der Waals surface area contributed by atoms with Gasteiger partial charge in [0.2, 0.25) is 10.0 Å². The highest BCUT2D eigenvalue weighted by Gasteiger charge is 2.30. The summed E-state index contributed by atoms with van der Waals surface area (Å²) in [5.74, 6) is 0.351. The monoisotopic (exact) mass is 374 g/mol. The van der Waals surface area contributed by atoms with Gasteiger partial charge in [-0.15, -0.1) is 0 Å². The Morgan fingerprint density at radius 1 is 1.23 bits per heavy atom. The maximum atomic E-state index is 12.7. The first-order valence-electron chi connectivity index (χ1n) is 8.81. The topological polar surface area (TPSA) is 101 Å². The van der Waals surface area contributed by atoms with Crippen molar-refractivity contribution in [1.82, 2.24) is 19.9 Å². The van der Waals surface area contributed by atoms with Crippen LogP contribution in [0.15, 0.2) is 33.9 Å². The van der Waals surface area contributed by atoms with Crippen LogP contribution in [0.4, 0.5) is 0 Å². The Morgan fingerprint density at radius 3 is 2.69 bits per heavy atom. The summed E-state index contributed by atoms with van der Waals surface area (Å²) < 4.78 is 33.8. The zero-order chi connectivity index (χ0) is 18.3. The molecule has 3 aromatic heterocycles. The van der Waals surface area contributed by atoms with E-state index in [2.05, 4.69) is 19.9 Å². The van der Waals surface area contributed by atoms with Crippen molar-refractivity contribution in [3.8, 4) is 0 Å². The number of rotatable bonds is 4. The second-order valence-electron chi connectivity index (χ2n) is 6.97. The fourth-order valence-corrected chi connectivity index (χ4v) is 5.59. The van der Waals surface area contributed by atoms with Gasteiger partial charge in [0.25, 0.3) is 0 Å². The van der Waals surface area contributed by atoms with E-state index in [4.69, 9.17) is 4.42 Å². The summed E-state index contributed by atoms with van der Waals surface area (Å²) in [6.07, 6.45) is 6.96. The van der Waals surface area contributed by atoms with Crippen LogP contribution in [-0.2, 0) is 10.0 Å². The lowest BCUT2D eigenvalue weighted by Gasteiger charge is -2.28. The molecule has 0 aromatic carbocycles. The molecule has 0 unspecified atom stereocenters. The lowest BCUT2D eigenvalue weighted by Crippen LogP contribution is -2.37. The number of aromatic amines is 1. The maximum Gasteiger partial charge on any atom is 0.244 e. The van der Waals surface area contributed by atoms with Crippen LogP contribution < -0.4 is 4.72 Å². The van der Waals surface area contributed by atoms with E-state index in [9.17, 15) is 8.42 Å². The van der Waals surface area contributed by atoms with Gasteiger partial charge >= 0.3 is 0 Å². The van der Waals surface area contributed by atoms with Gasteiger partial charge in [0.1, 0.15) is 10.4 Å². The molecule has 138 valence electrons. The van der Waals surface area contributed by atoms with E-state index >= 15 is 0 Å². The van der Waals surface area contributed by atoms with E-state index in [0.29, 0.717) is 17.3 Å². The summed E-state index contributed by atoms with van der Waals surface area (Å²) in [5, 5.41) is 6.73. The molecule has 1 saturated carbocycles. The minimum atomic E-state index is -3.56. The van der Waals surface area contributed by atoms with Crippen LogP contribution in [0.3, 0.4) is 0 Å². The van der Waals surface area contributed by atoms with Crippen LogP contribution in [0.25, 0.3) is 11.1 Å². The molecule has 3 aromatic rings. The number of nitrogens with zero attached hydrogens (tertiary/aromatic N) is 2. The van der Waals surface area contributed by atoms with Gasteiger partial charge < -0.3 is 4.42 Å². The van der Waals surface area contributed by atoms with Crippen LogP contribution in [0, 0.1) is 13.8 Å². The van der Waals surface area contributed by atoms with Crippen molar-refractivity contribution in [2.75, 3.05) is 0 Å². The first kappa shape index (κ1) is 17.2.